The topological polar surface area (TPSA) is 108 Å². The molecule has 1 saturated heterocycles. The van der Waals surface area contributed by atoms with Crippen molar-refractivity contribution < 1.29 is 19.2 Å². The second kappa shape index (κ2) is 16.6. The largest absolute Gasteiger partial charge is 0.497 e. The minimum absolute atomic E-state index is 0.00930. The smallest absolute Gasteiger partial charge is 0.269 e. The van der Waals surface area contributed by atoms with Crippen LogP contribution < -0.4 is 10.1 Å². The fourth-order valence-corrected chi connectivity index (χ4v) is 7.68. The Morgan fingerprint density at radius 3 is 1.96 bits per heavy atom. The molecule has 2 aliphatic rings. The highest BCUT2D eigenvalue weighted by Crippen LogP contribution is 2.44. The van der Waals surface area contributed by atoms with Crippen LogP contribution in [0.15, 0.2) is 102 Å². The predicted octanol–water partition coefficient (Wildman–Crippen LogP) is 6.94. The van der Waals surface area contributed by atoms with Crippen LogP contribution in [-0.2, 0) is 15.0 Å². The molecular formula is C40H49N5O5. The highest BCUT2D eigenvalue weighted by atomic mass is 16.6. The number of non-ortho nitro benzene ring substituents is 1. The number of hydrogen-bond acceptors (Lipinski definition) is 7. The van der Waals surface area contributed by atoms with Gasteiger partial charge in [-0.15, -0.1) is 0 Å². The number of allylic oxidation sites excluding steroid dienone is 2. The van der Waals surface area contributed by atoms with Crippen LogP contribution in [0.4, 0.5) is 5.69 Å². The number of dihydropyridines is 1. The van der Waals surface area contributed by atoms with Gasteiger partial charge >= 0.3 is 0 Å². The maximum atomic E-state index is 12.9. The average molecular weight is 680 g/mol. The number of nitrogens with one attached hydrogen (secondary N) is 1. The molecule has 0 spiro atoms. The molecule has 50 heavy (non-hydrogen) atoms. The molecule has 0 aromatic heterocycles. The minimum Gasteiger partial charge on any atom is -0.497 e. The lowest BCUT2D eigenvalue weighted by atomic mass is 9.68. The molecular weight excluding hydrogens is 630 g/mol. The number of nitro benzene ring substituents is 1. The average Bonchev–Trinajstić information content (AvgIpc) is 3.17. The third kappa shape index (κ3) is 7.45. The van der Waals surface area contributed by atoms with Crippen molar-refractivity contribution >= 4 is 18.5 Å². The van der Waals surface area contributed by atoms with E-state index in [4.69, 9.17) is 4.74 Å². The maximum Gasteiger partial charge on any atom is 0.269 e. The molecule has 0 saturated carbocycles. The molecule has 1 fully saturated rings. The Labute approximate surface area is 295 Å². The van der Waals surface area contributed by atoms with Crippen molar-refractivity contribution in [2.45, 2.75) is 64.2 Å². The number of hydrogen-bond donors (Lipinski definition) is 1. The van der Waals surface area contributed by atoms with Gasteiger partial charge < -0.3 is 24.8 Å². The van der Waals surface area contributed by atoms with Crippen LogP contribution in [0.3, 0.4) is 0 Å². The summed E-state index contributed by atoms with van der Waals surface area (Å²) in [5, 5.41) is 15.0. The number of nitrogens with zero attached hydrogens (tertiary/aromatic N) is 4. The first-order valence-corrected chi connectivity index (χ1v) is 17.7. The zero-order valence-electron chi connectivity index (χ0n) is 29.6. The molecule has 5 rings (SSSR count). The van der Waals surface area contributed by atoms with Gasteiger partial charge in [0.1, 0.15) is 5.75 Å². The molecule has 2 amide bonds. The van der Waals surface area contributed by atoms with Gasteiger partial charge in [-0.2, -0.15) is 0 Å². The Kier molecular flexibility index (Phi) is 12.1. The van der Waals surface area contributed by atoms with E-state index in [9.17, 15) is 19.7 Å². The van der Waals surface area contributed by atoms with Gasteiger partial charge in [0.15, 0.2) is 0 Å². The van der Waals surface area contributed by atoms with E-state index >= 15 is 0 Å². The quantitative estimate of drug-likeness (QED) is 0.0993. The lowest BCUT2D eigenvalue weighted by Gasteiger charge is -2.43. The zero-order chi connectivity index (χ0) is 35.7. The first-order valence-electron chi connectivity index (χ1n) is 17.7. The zero-order valence-corrected chi connectivity index (χ0v) is 29.6. The number of piperidine rings is 1. The van der Waals surface area contributed by atoms with Crippen LogP contribution in [0, 0.1) is 10.1 Å². The number of likely N-dealkylation sites (tertiary alicyclic amines) is 1. The Balaban J connectivity index is 1.37. The Bertz CT molecular complexity index is 1680. The first-order chi connectivity index (χ1) is 24.3. The van der Waals surface area contributed by atoms with Crippen molar-refractivity contribution in [3.8, 4) is 5.75 Å². The molecule has 2 aliphatic heterocycles. The van der Waals surface area contributed by atoms with E-state index in [1.54, 1.807) is 29.0 Å². The number of carbonyl (C=O) groups is 2. The van der Waals surface area contributed by atoms with Crippen molar-refractivity contribution in [3.63, 3.8) is 0 Å². The van der Waals surface area contributed by atoms with E-state index < -0.39 is 10.8 Å². The van der Waals surface area contributed by atoms with Crippen LogP contribution in [0.2, 0.25) is 0 Å². The van der Waals surface area contributed by atoms with Crippen LogP contribution in [-0.4, -0.2) is 72.3 Å². The molecule has 1 unspecified atom stereocenters. The highest BCUT2D eigenvalue weighted by molar-refractivity contribution is 5.61. The third-order valence-corrected chi connectivity index (χ3v) is 10.4. The van der Waals surface area contributed by atoms with Gasteiger partial charge in [0, 0.05) is 42.0 Å². The summed E-state index contributed by atoms with van der Waals surface area (Å²) in [5.41, 5.74) is 6.68. The maximum absolute atomic E-state index is 12.9. The van der Waals surface area contributed by atoms with Crippen LogP contribution >= 0.6 is 0 Å². The molecule has 264 valence electrons. The normalized spacial score (nSPS) is 17.6. The molecule has 10 heteroatoms. The summed E-state index contributed by atoms with van der Waals surface area (Å²) in [7, 11) is 1.69. The predicted molar refractivity (Wildman–Crippen MR) is 195 cm³/mol. The van der Waals surface area contributed by atoms with E-state index in [-0.39, 0.29) is 11.1 Å². The summed E-state index contributed by atoms with van der Waals surface area (Å²) in [6, 6.07) is 25.7. The van der Waals surface area contributed by atoms with Crippen molar-refractivity contribution in [1.29, 1.82) is 0 Å². The standard InChI is InChI=1S/C40H49N5O5/c1-5-35-38(43(7-3)28-46)37(30-14-18-33(19-15-30)45(48)49)39(36(6-2)41-35)44(29-47)25-11-24-42-26-22-40(23-27-42,31-12-9-8-10-13-31)32-16-20-34(50-4)21-17-32/h8-10,12-21,28-29,37,41H,5-7,11,22-27H2,1-4H3. The summed E-state index contributed by atoms with van der Waals surface area (Å²) in [6.45, 7) is 9.61. The summed E-state index contributed by atoms with van der Waals surface area (Å²) in [4.78, 5) is 42.3. The van der Waals surface area contributed by atoms with Gasteiger partial charge in [-0.25, -0.2) is 0 Å². The van der Waals surface area contributed by atoms with Gasteiger partial charge in [-0.1, -0.05) is 68.4 Å². The second-order valence-electron chi connectivity index (χ2n) is 12.9. The number of benzene rings is 3. The molecule has 0 aliphatic carbocycles. The lowest BCUT2D eigenvalue weighted by Crippen LogP contribution is -2.44. The first kappa shape index (κ1) is 36.3. The number of nitro groups is 1. The van der Waals surface area contributed by atoms with E-state index in [0.29, 0.717) is 25.9 Å². The number of methoxy groups -OCH3 is 1. The molecule has 0 radical (unpaired) electrons. The van der Waals surface area contributed by atoms with E-state index in [1.807, 2.05) is 32.9 Å². The lowest BCUT2D eigenvalue weighted by molar-refractivity contribution is -0.384. The molecule has 3 aromatic carbocycles. The summed E-state index contributed by atoms with van der Waals surface area (Å²) < 4.78 is 5.44. The van der Waals surface area contributed by atoms with Gasteiger partial charge in [-0.05, 0) is 87.5 Å². The minimum atomic E-state index is -0.455. The second-order valence-corrected chi connectivity index (χ2v) is 12.9. The van der Waals surface area contributed by atoms with Gasteiger partial charge in [0.2, 0.25) is 12.8 Å². The fraction of sp³-hybridized carbons (Fsp3) is 0.400. The summed E-state index contributed by atoms with van der Waals surface area (Å²) in [6.07, 6.45) is 5.72. The van der Waals surface area contributed by atoms with Crippen molar-refractivity contribution in [3.05, 3.63) is 128 Å². The van der Waals surface area contributed by atoms with Crippen molar-refractivity contribution in [2.75, 3.05) is 39.8 Å². The Hall–Kier alpha value is -4.96. The molecule has 1 atom stereocenters. The number of ether oxygens (including phenoxy) is 1. The number of amides is 2. The number of carbonyl (C=O) groups excluding carboxylic acids is 2. The van der Waals surface area contributed by atoms with E-state index in [2.05, 4.69) is 52.7 Å². The summed E-state index contributed by atoms with van der Waals surface area (Å²) >= 11 is 0. The molecule has 10 nitrogen and oxygen atoms in total. The fourth-order valence-electron chi connectivity index (χ4n) is 7.68. The van der Waals surface area contributed by atoms with Gasteiger partial charge in [0.25, 0.3) is 5.69 Å². The SMILES string of the molecule is CCC1=C(N(C=O)CC)C(c2ccc([N+](=O)[O-])cc2)C(N(C=O)CCCN2CCC(c3ccccc3)(c3ccc(OC)cc3)CC2)=C(CC)N1. The monoisotopic (exact) mass is 679 g/mol. The van der Waals surface area contributed by atoms with Crippen LogP contribution in [0.25, 0.3) is 0 Å². The Morgan fingerprint density at radius 2 is 1.44 bits per heavy atom. The number of likely N-dealkylation sites (N-methyl/N-ethyl adjacent to an activating group) is 1. The van der Waals surface area contributed by atoms with Gasteiger partial charge in [0.05, 0.1) is 29.3 Å². The molecule has 1 N–H and O–H groups in total. The molecule has 0 bridgehead atoms. The van der Waals surface area contributed by atoms with Crippen molar-refractivity contribution in [1.82, 2.24) is 20.0 Å². The van der Waals surface area contributed by atoms with Crippen LogP contribution in [0.5, 0.6) is 5.75 Å². The third-order valence-electron chi connectivity index (χ3n) is 10.4. The van der Waals surface area contributed by atoms with Gasteiger partial charge in [-0.3, -0.25) is 19.7 Å². The number of rotatable bonds is 16. The van der Waals surface area contributed by atoms with E-state index in [1.165, 1.54) is 23.3 Å². The Morgan fingerprint density at radius 1 is 0.860 bits per heavy atom. The van der Waals surface area contributed by atoms with Crippen LogP contribution in [0.1, 0.15) is 75.5 Å². The molecule has 2 heterocycles. The van der Waals surface area contributed by atoms with E-state index in [0.717, 1.165) is 85.8 Å². The summed E-state index contributed by atoms with van der Waals surface area (Å²) in [5.74, 6) is 0.393. The highest BCUT2D eigenvalue weighted by Gasteiger charge is 2.39. The van der Waals surface area contributed by atoms with Crippen molar-refractivity contribution in [2.24, 2.45) is 0 Å². The molecule has 3 aromatic rings.